The highest BCUT2D eigenvalue weighted by molar-refractivity contribution is 5.89. The summed E-state index contributed by atoms with van der Waals surface area (Å²) < 4.78 is 0. The number of aromatic carboxylic acids is 1. The van der Waals surface area contributed by atoms with Crippen LogP contribution in [-0.4, -0.2) is 24.2 Å². The van der Waals surface area contributed by atoms with Gasteiger partial charge in [0.2, 0.25) is 0 Å². The van der Waals surface area contributed by atoms with Gasteiger partial charge in [-0.3, -0.25) is 0 Å². The lowest BCUT2D eigenvalue weighted by molar-refractivity contribution is 0.0697. The van der Waals surface area contributed by atoms with E-state index < -0.39 is 5.97 Å². The van der Waals surface area contributed by atoms with Crippen LogP contribution in [0.2, 0.25) is 0 Å². The standard InChI is InChI=1S/C14H16N2O2/c1-14(2)5-6-16(9-14)12-4-3-10(13(17)18)7-11(12)8-15/h3-4,7H,5-6,9H2,1-2H3,(H,17,18). The predicted octanol–water partition coefficient (Wildman–Crippen LogP) is 2.49. The second kappa shape index (κ2) is 4.34. The van der Waals surface area contributed by atoms with E-state index in [1.807, 2.05) is 0 Å². The van der Waals surface area contributed by atoms with Crippen LogP contribution in [0.15, 0.2) is 18.2 Å². The maximum atomic E-state index is 10.9. The molecule has 0 saturated carbocycles. The molecule has 0 aliphatic carbocycles. The van der Waals surface area contributed by atoms with Gasteiger partial charge in [-0.2, -0.15) is 5.26 Å². The van der Waals surface area contributed by atoms with Gasteiger partial charge in [-0.05, 0) is 30.0 Å². The van der Waals surface area contributed by atoms with Gasteiger partial charge < -0.3 is 10.0 Å². The normalized spacial score (nSPS) is 17.5. The van der Waals surface area contributed by atoms with E-state index in [2.05, 4.69) is 24.8 Å². The molecule has 1 aromatic carbocycles. The second-order valence-corrected chi connectivity index (χ2v) is 5.48. The lowest BCUT2D eigenvalue weighted by Gasteiger charge is -2.22. The third-order valence-corrected chi connectivity index (χ3v) is 3.38. The van der Waals surface area contributed by atoms with Gasteiger partial charge in [0.15, 0.2) is 0 Å². The number of nitriles is 1. The zero-order chi connectivity index (χ0) is 13.3. The van der Waals surface area contributed by atoms with Gasteiger partial charge in [0.25, 0.3) is 0 Å². The molecule has 18 heavy (non-hydrogen) atoms. The Bertz CT molecular complexity index is 529. The molecule has 1 heterocycles. The second-order valence-electron chi connectivity index (χ2n) is 5.48. The van der Waals surface area contributed by atoms with Gasteiger partial charge in [-0.15, -0.1) is 0 Å². The molecule has 1 N–H and O–H groups in total. The van der Waals surface area contributed by atoms with Crippen molar-refractivity contribution in [2.45, 2.75) is 20.3 Å². The lowest BCUT2D eigenvalue weighted by atomic mass is 9.93. The van der Waals surface area contributed by atoms with Crippen LogP contribution in [0.5, 0.6) is 0 Å². The zero-order valence-corrected chi connectivity index (χ0v) is 10.6. The SMILES string of the molecule is CC1(C)CCN(c2ccc(C(=O)O)cc2C#N)C1. The van der Waals surface area contributed by atoms with Crippen molar-refractivity contribution in [3.63, 3.8) is 0 Å². The monoisotopic (exact) mass is 244 g/mol. The van der Waals surface area contributed by atoms with Crippen LogP contribution in [0, 0.1) is 16.7 Å². The molecule has 1 aromatic rings. The molecule has 1 aliphatic rings. The highest BCUT2D eigenvalue weighted by atomic mass is 16.4. The van der Waals surface area contributed by atoms with Crippen molar-refractivity contribution in [1.82, 2.24) is 0 Å². The Morgan fingerprint density at radius 3 is 2.72 bits per heavy atom. The molecule has 1 saturated heterocycles. The molecular weight excluding hydrogens is 228 g/mol. The van der Waals surface area contributed by atoms with Gasteiger partial charge >= 0.3 is 5.97 Å². The fourth-order valence-corrected chi connectivity index (χ4v) is 2.35. The zero-order valence-electron chi connectivity index (χ0n) is 10.6. The minimum atomic E-state index is -1.00. The van der Waals surface area contributed by atoms with E-state index in [-0.39, 0.29) is 11.0 Å². The van der Waals surface area contributed by atoms with Crippen molar-refractivity contribution in [2.24, 2.45) is 5.41 Å². The van der Waals surface area contributed by atoms with Gasteiger partial charge in [-0.1, -0.05) is 13.8 Å². The summed E-state index contributed by atoms with van der Waals surface area (Å²) in [5.74, 6) is -1.00. The maximum Gasteiger partial charge on any atom is 0.335 e. The fraction of sp³-hybridized carbons (Fsp3) is 0.429. The minimum absolute atomic E-state index is 0.161. The first-order valence-electron chi connectivity index (χ1n) is 5.95. The van der Waals surface area contributed by atoms with Crippen molar-refractivity contribution in [1.29, 1.82) is 5.26 Å². The molecule has 0 amide bonds. The molecule has 0 spiro atoms. The average Bonchev–Trinajstić information content (AvgIpc) is 2.68. The number of carboxylic acids is 1. The number of nitrogens with zero attached hydrogens (tertiary/aromatic N) is 2. The van der Waals surface area contributed by atoms with Crippen molar-refractivity contribution in [2.75, 3.05) is 18.0 Å². The third kappa shape index (κ3) is 2.30. The molecule has 1 aliphatic heterocycles. The number of hydrogen-bond donors (Lipinski definition) is 1. The van der Waals surface area contributed by atoms with Crippen LogP contribution in [-0.2, 0) is 0 Å². The van der Waals surface area contributed by atoms with Crippen molar-refractivity contribution in [3.8, 4) is 6.07 Å². The van der Waals surface area contributed by atoms with Crippen molar-refractivity contribution in [3.05, 3.63) is 29.3 Å². The first-order valence-corrected chi connectivity index (χ1v) is 5.95. The highest BCUT2D eigenvalue weighted by Crippen LogP contribution is 2.34. The van der Waals surface area contributed by atoms with Gasteiger partial charge in [0.1, 0.15) is 6.07 Å². The topological polar surface area (TPSA) is 64.3 Å². The Labute approximate surface area is 106 Å². The van der Waals surface area contributed by atoms with Crippen LogP contribution in [0.25, 0.3) is 0 Å². The minimum Gasteiger partial charge on any atom is -0.478 e. The van der Waals surface area contributed by atoms with Crippen LogP contribution in [0.4, 0.5) is 5.69 Å². The summed E-state index contributed by atoms with van der Waals surface area (Å²) in [7, 11) is 0. The Balaban J connectivity index is 2.35. The Morgan fingerprint density at radius 1 is 1.50 bits per heavy atom. The number of carbonyl (C=O) groups is 1. The number of benzene rings is 1. The smallest absolute Gasteiger partial charge is 0.335 e. The molecule has 0 bridgehead atoms. The largest absolute Gasteiger partial charge is 0.478 e. The summed E-state index contributed by atoms with van der Waals surface area (Å²) in [6, 6.07) is 6.84. The molecule has 4 heteroatoms. The van der Waals surface area contributed by atoms with Crippen LogP contribution >= 0.6 is 0 Å². The molecule has 0 atom stereocenters. The first-order chi connectivity index (χ1) is 8.43. The summed E-state index contributed by atoms with van der Waals surface area (Å²) in [4.78, 5) is 13.0. The van der Waals surface area contributed by atoms with Gasteiger partial charge in [-0.25, -0.2) is 4.79 Å². The molecule has 94 valence electrons. The summed E-state index contributed by atoms with van der Waals surface area (Å²) in [6.07, 6.45) is 1.08. The van der Waals surface area contributed by atoms with E-state index in [1.165, 1.54) is 6.07 Å². The van der Waals surface area contributed by atoms with E-state index in [1.54, 1.807) is 12.1 Å². The summed E-state index contributed by atoms with van der Waals surface area (Å²) in [5.41, 5.74) is 1.69. The van der Waals surface area contributed by atoms with E-state index in [0.717, 1.165) is 25.2 Å². The molecule has 4 nitrogen and oxygen atoms in total. The predicted molar refractivity (Wildman–Crippen MR) is 68.7 cm³/mol. The van der Waals surface area contributed by atoms with E-state index in [4.69, 9.17) is 10.4 Å². The number of carboxylic acid groups (broad SMARTS) is 1. The summed E-state index contributed by atoms with van der Waals surface area (Å²) in [6.45, 7) is 6.21. The van der Waals surface area contributed by atoms with E-state index in [9.17, 15) is 4.79 Å². The molecule has 1 fully saturated rings. The molecule has 0 aromatic heterocycles. The lowest BCUT2D eigenvalue weighted by Crippen LogP contribution is -2.23. The molecule has 0 unspecified atom stereocenters. The number of rotatable bonds is 2. The van der Waals surface area contributed by atoms with Crippen LogP contribution < -0.4 is 4.90 Å². The Morgan fingerprint density at radius 2 is 2.22 bits per heavy atom. The summed E-state index contributed by atoms with van der Waals surface area (Å²) >= 11 is 0. The van der Waals surface area contributed by atoms with Crippen molar-refractivity contribution < 1.29 is 9.90 Å². The van der Waals surface area contributed by atoms with Gasteiger partial charge in [0.05, 0.1) is 16.8 Å². The quantitative estimate of drug-likeness (QED) is 0.868. The summed E-state index contributed by atoms with van der Waals surface area (Å²) in [5, 5.41) is 18.1. The highest BCUT2D eigenvalue weighted by Gasteiger charge is 2.30. The average molecular weight is 244 g/mol. The molecular formula is C14H16N2O2. The fourth-order valence-electron chi connectivity index (χ4n) is 2.35. The van der Waals surface area contributed by atoms with E-state index >= 15 is 0 Å². The number of hydrogen-bond acceptors (Lipinski definition) is 3. The molecule has 2 rings (SSSR count). The first kappa shape index (κ1) is 12.4. The van der Waals surface area contributed by atoms with Gasteiger partial charge in [0, 0.05) is 13.1 Å². The van der Waals surface area contributed by atoms with Crippen LogP contribution in [0.3, 0.4) is 0 Å². The van der Waals surface area contributed by atoms with Crippen molar-refractivity contribution >= 4 is 11.7 Å². The van der Waals surface area contributed by atoms with E-state index in [0.29, 0.717) is 5.56 Å². The van der Waals surface area contributed by atoms with Crippen LogP contribution in [0.1, 0.15) is 36.2 Å². The Hall–Kier alpha value is -2.02. The number of anilines is 1. The Kier molecular flexibility index (Phi) is 3.00. The maximum absolute atomic E-state index is 10.9. The molecule has 0 radical (unpaired) electrons. The third-order valence-electron chi connectivity index (χ3n) is 3.38.